The van der Waals surface area contributed by atoms with E-state index in [1.165, 1.54) is 16.7 Å². The Labute approximate surface area is 179 Å². The highest BCUT2D eigenvalue weighted by molar-refractivity contribution is 8.15. The highest BCUT2D eigenvalue weighted by Crippen LogP contribution is 2.29. The predicted molar refractivity (Wildman–Crippen MR) is 118 cm³/mol. The largest absolute Gasteiger partial charge is 0.494 e. The number of ether oxygens (including phenoxy) is 1. The fourth-order valence-electron chi connectivity index (χ4n) is 2.60. The molecule has 3 rings (SSSR count). The fraction of sp³-hybridized carbons (Fsp3) is 0.286. The number of rotatable bonds is 6. The minimum Gasteiger partial charge on any atom is -0.494 e. The van der Waals surface area contributed by atoms with Crippen molar-refractivity contribution in [3.8, 4) is 5.75 Å². The Bertz CT molecular complexity index is 900. The van der Waals surface area contributed by atoms with Crippen molar-refractivity contribution in [2.45, 2.75) is 25.0 Å². The molecule has 0 spiro atoms. The predicted octanol–water partition coefficient (Wildman–Crippen LogP) is 4.72. The van der Waals surface area contributed by atoms with Crippen LogP contribution in [0.2, 0.25) is 5.02 Å². The molecule has 29 heavy (non-hydrogen) atoms. The van der Waals surface area contributed by atoms with Crippen molar-refractivity contribution in [3.63, 3.8) is 0 Å². The van der Waals surface area contributed by atoms with Gasteiger partial charge in [0.15, 0.2) is 5.17 Å². The van der Waals surface area contributed by atoms with Crippen LogP contribution in [-0.4, -0.2) is 40.8 Å². The molecule has 0 aromatic heterocycles. The molecule has 1 fully saturated rings. The van der Waals surface area contributed by atoms with Crippen molar-refractivity contribution < 1.29 is 14.3 Å². The lowest BCUT2D eigenvalue weighted by Crippen LogP contribution is -2.43. The van der Waals surface area contributed by atoms with E-state index in [0.717, 1.165) is 12.2 Å². The van der Waals surface area contributed by atoms with Crippen LogP contribution in [0.25, 0.3) is 0 Å². The van der Waals surface area contributed by atoms with Gasteiger partial charge >= 0.3 is 0 Å². The summed E-state index contributed by atoms with van der Waals surface area (Å²) in [5.74, 6) is 0.369. The van der Waals surface area contributed by atoms with Gasteiger partial charge in [0.1, 0.15) is 11.0 Å². The van der Waals surface area contributed by atoms with Crippen molar-refractivity contribution >= 4 is 51.7 Å². The summed E-state index contributed by atoms with van der Waals surface area (Å²) in [4.78, 5) is 31.1. The number of anilines is 1. The van der Waals surface area contributed by atoms with E-state index in [-0.39, 0.29) is 18.2 Å². The first kappa shape index (κ1) is 21.2. The number of nitrogens with zero attached hydrogens (tertiary/aromatic N) is 2. The standard InChI is InChI=1S/C21H22ClN3O3S/c1-3-12-28-17-10-8-15(9-11-17)23-20(27)18-13-19(26)25(2)21(29-18)24-16-6-4-14(22)5-7-16/h4-11,18H,3,12-13H2,1-2H3,(H,23,27). The molecule has 1 aliphatic rings. The third-order valence-corrected chi connectivity index (χ3v) is 5.70. The Morgan fingerprint density at radius 3 is 2.59 bits per heavy atom. The van der Waals surface area contributed by atoms with Crippen molar-refractivity contribution in [3.05, 3.63) is 53.6 Å². The molecule has 1 aliphatic heterocycles. The molecule has 152 valence electrons. The summed E-state index contributed by atoms with van der Waals surface area (Å²) in [5.41, 5.74) is 1.32. The molecule has 1 saturated heterocycles. The van der Waals surface area contributed by atoms with Gasteiger partial charge in [0, 0.05) is 24.2 Å². The first-order chi connectivity index (χ1) is 14.0. The first-order valence-electron chi connectivity index (χ1n) is 9.27. The third kappa shape index (κ3) is 5.74. The van der Waals surface area contributed by atoms with Gasteiger partial charge in [-0.15, -0.1) is 0 Å². The van der Waals surface area contributed by atoms with Crippen LogP contribution < -0.4 is 10.1 Å². The van der Waals surface area contributed by atoms with Gasteiger partial charge in [-0.2, -0.15) is 0 Å². The Balaban J connectivity index is 1.68. The number of thioether (sulfide) groups is 1. The second-order valence-corrected chi connectivity index (χ2v) is 8.10. The molecule has 0 aliphatic carbocycles. The van der Waals surface area contributed by atoms with Gasteiger partial charge in [0.25, 0.3) is 0 Å². The summed E-state index contributed by atoms with van der Waals surface area (Å²) in [6.45, 7) is 2.69. The van der Waals surface area contributed by atoms with Gasteiger partial charge < -0.3 is 10.1 Å². The second-order valence-electron chi connectivity index (χ2n) is 6.50. The highest BCUT2D eigenvalue weighted by Gasteiger charge is 2.34. The first-order valence-corrected chi connectivity index (χ1v) is 10.5. The zero-order valence-electron chi connectivity index (χ0n) is 16.2. The SMILES string of the molecule is CCCOc1ccc(NC(=O)C2CC(=O)N(C)C(=Nc3ccc(Cl)cc3)S2)cc1. The van der Waals surface area contributed by atoms with Gasteiger partial charge in [0.05, 0.1) is 12.3 Å². The van der Waals surface area contributed by atoms with E-state index in [1.807, 2.05) is 19.1 Å². The molecule has 1 atom stereocenters. The van der Waals surface area contributed by atoms with E-state index in [2.05, 4.69) is 10.3 Å². The molecule has 0 saturated carbocycles. The molecule has 1 N–H and O–H groups in total. The van der Waals surface area contributed by atoms with Crippen molar-refractivity contribution in [1.82, 2.24) is 4.90 Å². The topological polar surface area (TPSA) is 71.0 Å². The van der Waals surface area contributed by atoms with E-state index < -0.39 is 5.25 Å². The van der Waals surface area contributed by atoms with Crippen LogP contribution in [0.4, 0.5) is 11.4 Å². The van der Waals surface area contributed by atoms with Gasteiger partial charge in [-0.1, -0.05) is 30.3 Å². The molecule has 6 nitrogen and oxygen atoms in total. The number of halogens is 1. The van der Waals surface area contributed by atoms with Crippen LogP contribution >= 0.6 is 23.4 Å². The summed E-state index contributed by atoms with van der Waals surface area (Å²) >= 11 is 7.17. The Hall–Kier alpha value is -2.51. The van der Waals surface area contributed by atoms with Crippen molar-refractivity contribution in [2.24, 2.45) is 4.99 Å². The summed E-state index contributed by atoms with van der Waals surface area (Å²) in [6.07, 6.45) is 1.05. The quantitative estimate of drug-likeness (QED) is 0.718. The minimum atomic E-state index is -0.555. The number of aliphatic imine (C=N–C) groups is 1. The maximum atomic E-state index is 12.7. The zero-order chi connectivity index (χ0) is 20.8. The molecule has 0 bridgehead atoms. The molecule has 0 radical (unpaired) electrons. The van der Waals surface area contributed by atoms with E-state index >= 15 is 0 Å². The number of hydrogen-bond donors (Lipinski definition) is 1. The lowest BCUT2D eigenvalue weighted by molar-refractivity contribution is -0.128. The van der Waals surface area contributed by atoms with Gasteiger partial charge in [0.2, 0.25) is 11.8 Å². The maximum Gasteiger partial charge on any atom is 0.238 e. The van der Waals surface area contributed by atoms with Crippen LogP contribution in [0.5, 0.6) is 5.75 Å². The molecular weight excluding hydrogens is 410 g/mol. The summed E-state index contributed by atoms with van der Waals surface area (Å²) in [5, 5.41) is 3.40. The van der Waals surface area contributed by atoms with Crippen molar-refractivity contribution in [2.75, 3.05) is 19.0 Å². The lowest BCUT2D eigenvalue weighted by atomic mass is 10.2. The summed E-state index contributed by atoms with van der Waals surface area (Å²) in [6, 6.07) is 14.2. The number of amidine groups is 1. The van der Waals surface area contributed by atoms with Crippen LogP contribution in [0.1, 0.15) is 19.8 Å². The van der Waals surface area contributed by atoms with Crippen LogP contribution in [-0.2, 0) is 9.59 Å². The lowest BCUT2D eigenvalue weighted by Gasteiger charge is -2.28. The number of benzene rings is 2. The molecule has 8 heteroatoms. The molecule has 1 heterocycles. The smallest absolute Gasteiger partial charge is 0.238 e. The summed E-state index contributed by atoms with van der Waals surface area (Å²) < 4.78 is 5.54. The van der Waals surface area contributed by atoms with E-state index in [1.54, 1.807) is 43.4 Å². The average Bonchev–Trinajstić information content (AvgIpc) is 2.72. The van der Waals surface area contributed by atoms with Crippen LogP contribution in [0, 0.1) is 0 Å². The number of carbonyl (C=O) groups is 2. The van der Waals surface area contributed by atoms with E-state index in [9.17, 15) is 9.59 Å². The van der Waals surface area contributed by atoms with Crippen LogP contribution in [0.15, 0.2) is 53.5 Å². The number of carbonyl (C=O) groups excluding carboxylic acids is 2. The van der Waals surface area contributed by atoms with E-state index in [4.69, 9.17) is 16.3 Å². The maximum absolute atomic E-state index is 12.7. The fourth-order valence-corrected chi connectivity index (χ4v) is 3.79. The number of nitrogens with one attached hydrogen (secondary N) is 1. The van der Waals surface area contributed by atoms with Gasteiger partial charge in [-0.25, -0.2) is 4.99 Å². The average molecular weight is 432 g/mol. The highest BCUT2D eigenvalue weighted by atomic mass is 35.5. The van der Waals surface area contributed by atoms with Gasteiger partial charge in [-0.3, -0.25) is 14.5 Å². The molecule has 2 aromatic rings. The van der Waals surface area contributed by atoms with Crippen molar-refractivity contribution in [1.29, 1.82) is 0 Å². The third-order valence-electron chi connectivity index (χ3n) is 4.21. The minimum absolute atomic E-state index is 0.115. The van der Waals surface area contributed by atoms with E-state index in [0.29, 0.717) is 28.2 Å². The Kier molecular flexibility index (Phi) is 7.17. The normalized spacial score (nSPS) is 18.0. The molecule has 2 aromatic carbocycles. The summed E-state index contributed by atoms with van der Waals surface area (Å²) in [7, 11) is 1.66. The Morgan fingerprint density at radius 1 is 1.24 bits per heavy atom. The van der Waals surface area contributed by atoms with Crippen LogP contribution in [0.3, 0.4) is 0 Å². The second kappa shape index (κ2) is 9.80. The molecular formula is C21H22ClN3O3S. The molecule has 2 amide bonds. The number of hydrogen-bond acceptors (Lipinski definition) is 5. The Morgan fingerprint density at radius 2 is 1.93 bits per heavy atom. The molecule has 1 unspecified atom stereocenters. The zero-order valence-corrected chi connectivity index (χ0v) is 17.8. The monoisotopic (exact) mass is 431 g/mol. The number of amides is 2. The van der Waals surface area contributed by atoms with Gasteiger partial charge in [-0.05, 0) is 55.0 Å².